The zero-order chi connectivity index (χ0) is 16.4. The van der Waals surface area contributed by atoms with E-state index in [0.717, 1.165) is 9.79 Å². The molecule has 0 unspecified atom stereocenters. The molecule has 0 aliphatic heterocycles. The highest BCUT2D eigenvalue weighted by atomic mass is 32.2. The van der Waals surface area contributed by atoms with Crippen LogP contribution >= 0.6 is 11.8 Å². The first kappa shape index (κ1) is 15.5. The van der Waals surface area contributed by atoms with Gasteiger partial charge in [0.25, 0.3) is 0 Å². The minimum Gasteiger partial charge on any atom is -0.382 e. The van der Waals surface area contributed by atoms with Gasteiger partial charge in [0.15, 0.2) is 5.82 Å². The molecule has 23 heavy (non-hydrogen) atoms. The van der Waals surface area contributed by atoms with Gasteiger partial charge in [0.2, 0.25) is 0 Å². The van der Waals surface area contributed by atoms with Crippen molar-refractivity contribution in [2.45, 2.75) is 16.0 Å². The van der Waals surface area contributed by atoms with Crippen molar-refractivity contribution in [2.75, 3.05) is 5.73 Å². The first-order valence-electron chi connectivity index (χ1n) is 6.69. The summed E-state index contributed by atoms with van der Waals surface area (Å²) in [6, 6.07) is 16.5. The summed E-state index contributed by atoms with van der Waals surface area (Å²) in [5.41, 5.74) is 4.91. The molecule has 7 heteroatoms. The molecule has 0 spiro atoms. The number of nitrogen functional groups attached to an aromatic ring is 1. The number of nitrogens with two attached hydrogens (primary N) is 1. The van der Waals surface area contributed by atoms with E-state index in [0.29, 0.717) is 5.56 Å². The Morgan fingerprint density at radius 2 is 1.52 bits per heavy atom. The van der Waals surface area contributed by atoms with Crippen molar-refractivity contribution in [3.63, 3.8) is 0 Å². The maximum Gasteiger partial charge on any atom is 0.433 e. The predicted octanol–water partition coefficient (Wildman–Crippen LogP) is 4.83. The molecular weight excluding hydrogens is 323 g/mol. The Labute approximate surface area is 134 Å². The van der Waals surface area contributed by atoms with Crippen LogP contribution in [0.2, 0.25) is 0 Å². The van der Waals surface area contributed by atoms with E-state index in [1.165, 1.54) is 11.8 Å². The summed E-state index contributed by atoms with van der Waals surface area (Å²) >= 11 is 1.53. The maximum absolute atomic E-state index is 13.0. The molecule has 1 heterocycles. The molecule has 0 atom stereocenters. The van der Waals surface area contributed by atoms with Crippen LogP contribution in [-0.2, 0) is 6.18 Å². The summed E-state index contributed by atoms with van der Waals surface area (Å²) in [7, 11) is 0. The molecule has 0 fully saturated rings. The van der Waals surface area contributed by atoms with Gasteiger partial charge in [-0.05, 0) is 29.8 Å². The van der Waals surface area contributed by atoms with Crippen LogP contribution in [0.1, 0.15) is 5.69 Å². The van der Waals surface area contributed by atoms with E-state index in [-0.39, 0.29) is 11.4 Å². The van der Waals surface area contributed by atoms with Crippen LogP contribution in [0.3, 0.4) is 0 Å². The number of hydrogen-bond acceptors (Lipinski definition) is 3. The second-order valence-corrected chi connectivity index (χ2v) is 5.94. The Kier molecular flexibility index (Phi) is 4.04. The molecule has 0 radical (unpaired) electrons. The van der Waals surface area contributed by atoms with E-state index in [1.807, 2.05) is 35.4 Å². The van der Waals surface area contributed by atoms with Crippen molar-refractivity contribution < 1.29 is 13.2 Å². The van der Waals surface area contributed by atoms with Gasteiger partial charge in [0, 0.05) is 9.79 Å². The summed E-state index contributed by atoms with van der Waals surface area (Å²) in [6.07, 6.45) is -4.53. The Morgan fingerprint density at radius 1 is 0.913 bits per heavy atom. The van der Waals surface area contributed by atoms with Crippen molar-refractivity contribution in [1.29, 1.82) is 0 Å². The number of H-pyrrole nitrogens is 1. The zero-order valence-corrected chi connectivity index (χ0v) is 12.6. The normalized spacial score (nSPS) is 11.6. The van der Waals surface area contributed by atoms with Crippen molar-refractivity contribution in [1.82, 2.24) is 10.2 Å². The topological polar surface area (TPSA) is 54.7 Å². The van der Waals surface area contributed by atoms with Crippen molar-refractivity contribution in [2.24, 2.45) is 0 Å². The molecule has 1 aromatic heterocycles. The van der Waals surface area contributed by atoms with E-state index >= 15 is 0 Å². The maximum atomic E-state index is 13.0. The van der Waals surface area contributed by atoms with Crippen molar-refractivity contribution in [3.8, 4) is 11.1 Å². The molecule has 2 aromatic carbocycles. The molecule has 3 N–H and O–H groups in total. The molecular formula is C16H12F3N3S. The Bertz CT molecular complexity index is 796. The molecule has 118 valence electrons. The number of anilines is 1. The molecule has 3 nitrogen and oxygen atoms in total. The number of benzene rings is 2. The quantitative estimate of drug-likeness (QED) is 0.721. The third-order valence-corrected chi connectivity index (χ3v) is 4.22. The van der Waals surface area contributed by atoms with Gasteiger partial charge >= 0.3 is 6.18 Å². The monoisotopic (exact) mass is 335 g/mol. The molecule has 0 aliphatic rings. The number of nitrogens with zero attached hydrogens (tertiary/aromatic N) is 1. The highest BCUT2D eigenvalue weighted by Gasteiger charge is 2.37. The van der Waals surface area contributed by atoms with Gasteiger partial charge < -0.3 is 5.73 Å². The first-order chi connectivity index (χ1) is 10.9. The lowest BCUT2D eigenvalue weighted by Crippen LogP contribution is -2.07. The summed E-state index contributed by atoms with van der Waals surface area (Å²) < 4.78 is 38.9. The predicted molar refractivity (Wildman–Crippen MR) is 84.0 cm³/mol. The molecule has 3 aromatic rings. The number of halogens is 3. The van der Waals surface area contributed by atoms with E-state index in [4.69, 9.17) is 5.73 Å². The number of aromatic amines is 1. The van der Waals surface area contributed by atoms with Crippen LogP contribution in [-0.4, -0.2) is 10.2 Å². The average molecular weight is 335 g/mol. The Balaban J connectivity index is 1.90. The summed E-state index contributed by atoms with van der Waals surface area (Å²) in [5.74, 6) is -0.166. The second-order valence-electron chi connectivity index (χ2n) is 4.80. The van der Waals surface area contributed by atoms with E-state index in [2.05, 4.69) is 5.10 Å². The van der Waals surface area contributed by atoms with Crippen molar-refractivity contribution >= 4 is 17.6 Å². The van der Waals surface area contributed by atoms with Gasteiger partial charge in [0.1, 0.15) is 5.69 Å². The molecule has 0 amide bonds. The minimum absolute atomic E-state index is 0.117. The summed E-state index contributed by atoms with van der Waals surface area (Å²) in [5, 5.41) is 5.44. The molecule has 0 bridgehead atoms. The minimum atomic E-state index is -4.53. The fourth-order valence-corrected chi connectivity index (χ4v) is 3.01. The van der Waals surface area contributed by atoms with Crippen LogP contribution in [0.4, 0.5) is 19.0 Å². The van der Waals surface area contributed by atoms with Gasteiger partial charge in [-0.15, -0.1) is 0 Å². The highest BCUT2D eigenvalue weighted by Crippen LogP contribution is 2.39. The van der Waals surface area contributed by atoms with Gasteiger partial charge in [-0.1, -0.05) is 42.1 Å². The lowest BCUT2D eigenvalue weighted by molar-refractivity contribution is -0.140. The number of rotatable bonds is 3. The van der Waals surface area contributed by atoms with Crippen LogP contribution in [0.5, 0.6) is 0 Å². The summed E-state index contributed by atoms with van der Waals surface area (Å²) in [6.45, 7) is 0. The fraction of sp³-hybridized carbons (Fsp3) is 0.0625. The van der Waals surface area contributed by atoms with Crippen LogP contribution in [0.15, 0.2) is 64.4 Å². The van der Waals surface area contributed by atoms with Gasteiger partial charge in [0.05, 0.1) is 5.56 Å². The SMILES string of the molecule is Nc1n[nH]c(C(F)(F)F)c1-c1ccc(Sc2ccccc2)cc1. The van der Waals surface area contributed by atoms with E-state index < -0.39 is 11.9 Å². The first-order valence-corrected chi connectivity index (χ1v) is 7.51. The van der Waals surface area contributed by atoms with Gasteiger partial charge in [-0.2, -0.15) is 18.3 Å². The Hall–Kier alpha value is -2.41. The zero-order valence-electron chi connectivity index (χ0n) is 11.8. The standard InChI is InChI=1S/C16H12F3N3S/c17-16(18,19)14-13(15(20)22-21-14)10-6-8-12(9-7-10)23-11-4-2-1-3-5-11/h1-9H,(H3,20,21,22). The van der Waals surface area contributed by atoms with Crippen LogP contribution < -0.4 is 5.73 Å². The second kappa shape index (κ2) is 6.00. The smallest absolute Gasteiger partial charge is 0.382 e. The van der Waals surface area contributed by atoms with Crippen LogP contribution in [0.25, 0.3) is 11.1 Å². The van der Waals surface area contributed by atoms with Gasteiger partial charge in [-0.25, -0.2) is 0 Å². The highest BCUT2D eigenvalue weighted by molar-refractivity contribution is 7.99. The van der Waals surface area contributed by atoms with Crippen molar-refractivity contribution in [3.05, 3.63) is 60.3 Å². The van der Waals surface area contributed by atoms with Gasteiger partial charge in [-0.3, -0.25) is 5.10 Å². The number of aromatic nitrogens is 2. The third-order valence-electron chi connectivity index (χ3n) is 3.20. The largest absolute Gasteiger partial charge is 0.433 e. The number of hydrogen-bond donors (Lipinski definition) is 2. The average Bonchev–Trinajstić information content (AvgIpc) is 2.91. The summed E-state index contributed by atoms with van der Waals surface area (Å²) in [4.78, 5) is 1.98. The number of nitrogens with one attached hydrogen (secondary N) is 1. The molecule has 0 aliphatic carbocycles. The number of alkyl halides is 3. The lowest BCUT2D eigenvalue weighted by Gasteiger charge is -2.08. The Morgan fingerprint density at radius 3 is 2.13 bits per heavy atom. The lowest BCUT2D eigenvalue weighted by atomic mass is 10.1. The molecule has 0 saturated heterocycles. The van der Waals surface area contributed by atoms with E-state index in [1.54, 1.807) is 24.3 Å². The van der Waals surface area contributed by atoms with E-state index in [9.17, 15) is 13.2 Å². The third kappa shape index (κ3) is 3.34. The molecule has 3 rings (SSSR count). The fourth-order valence-electron chi connectivity index (χ4n) is 2.17. The molecule has 0 saturated carbocycles. The van der Waals surface area contributed by atoms with Crippen LogP contribution in [0, 0.1) is 0 Å².